The summed E-state index contributed by atoms with van der Waals surface area (Å²) in [6, 6.07) is 6.05. The third-order valence-electron chi connectivity index (χ3n) is 3.28. The van der Waals surface area contributed by atoms with Gasteiger partial charge in [0.2, 0.25) is 5.56 Å². The van der Waals surface area contributed by atoms with E-state index in [2.05, 4.69) is 19.2 Å². The van der Waals surface area contributed by atoms with Gasteiger partial charge in [0, 0.05) is 25.9 Å². The summed E-state index contributed by atoms with van der Waals surface area (Å²) in [5, 5.41) is 2.88. The second-order valence-corrected chi connectivity index (χ2v) is 5.84. The zero-order chi connectivity index (χ0) is 16.8. The fourth-order valence-corrected chi connectivity index (χ4v) is 2.08. The topological polar surface area (TPSA) is 73.5 Å². The summed E-state index contributed by atoms with van der Waals surface area (Å²) < 4.78 is 12.4. The summed E-state index contributed by atoms with van der Waals surface area (Å²) in [5.74, 6) is 0.758. The van der Waals surface area contributed by atoms with E-state index in [9.17, 15) is 9.59 Å². The Hall–Kier alpha value is -2.34. The predicted molar refractivity (Wildman–Crippen MR) is 86.3 cm³/mol. The quantitative estimate of drug-likeness (QED) is 0.848. The lowest BCUT2D eigenvalue weighted by molar-refractivity contribution is 0.0730. The average Bonchev–Trinajstić information content (AvgIpc) is 3.02. The predicted octanol–water partition coefficient (Wildman–Crippen LogP) is 2.12. The number of pyridine rings is 1. The number of aryl methyl sites for hydroxylation is 1. The first kappa shape index (κ1) is 17.0. The molecule has 6 heteroatoms. The highest BCUT2D eigenvalue weighted by molar-refractivity contribution is 5.94. The van der Waals surface area contributed by atoms with Crippen LogP contribution in [0.25, 0.3) is 0 Å². The van der Waals surface area contributed by atoms with E-state index >= 15 is 0 Å². The number of carbonyl (C=O) groups excluding carboxylic acids is 1. The fraction of sp³-hybridized carbons (Fsp3) is 0.412. The third kappa shape index (κ3) is 4.82. The van der Waals surface area contributed by atoms with Gasteiger partial charge in [0.15, 0.2) is 0 Å². The molecule has 1 unspecified atom stereocenters. The molecule has 0 radical (unpaired) electrons. The van der Waals surface area contributed by atoms with Crippen LogP contribution in [0.5, 0.6) is 0 Å². The molecule has 0 aromatic carbocycles. The Kier molecular flexibility index (Phi) is 5.76. The van der Waals surface area contributed by atoms with Crippen LogP contribution < -0.4 is 10.9 Å². The van der Waals surface area contributed by atoms with Crippen molar-refractivity contribution >= 4 is 5.91 Å². The number of ether oxygens (including phenoxy) is 1. The molecule has 0 aliphatic carbocycles. The maximum Gasteiger partial charge on any atom is 0.253 e. The lowest BCUT2D eigenvalue weighted by Gasteiger charge is -2.18. The van der Waals surface area contributed by atoms with Crippen LogP contribution in [-0.4, -0.2) is 23.7 Å². The normalized spacial score (nSPS) is 12.3. The lowest BCUT2D eigenvalue weighted by atomic mass is 10.2. The second-order valence-electron chi connectivity index (χ2n) is 5.84. The van der Waals surface area contributed by atoms with Gasteiger partial charge in [-0.15, -0.1) is 0 Å². The van der Waals surface area contributed by atoms with E-state index in [0.29, 0.717) is 30.5 Å². The van der Waals surface area contributed by atoms with Crippen molar-refractivity contribution in [1.82, 2.24) is 9.88 Å². The molecule has 0 spiro atoms. The molecule has 0 saturated carbocycles. The Morgan fingerprint density at radius 1 is 1.30 bits per heavy atom. The van der Waals surface area contributed by atoms with Gasteiger partial charge in [0.1, 0.15) is 11.8 Å². The van der Waals surface area contributed by atoms with Crippen molar-refractivity contribution in [2.45, 2.75) is 19.9 Å². The lowest BCUT2D eigenvalue weighted by Crippen LogP contribution is -2.32. The molecule has 0 saturated heterocycles. The van der Waals surface area contributed by atoms with Crippen molar-refractivity contribution in [1.29, 1.82) is 0 Å². The Balaban J connectivity index is 2.08. The molecule has 1 amide bonds. The van der Waals surface area contributed by atoms with Gasteiger partial charge in [0.25, 0.3) is 5.91 Å². The maximum atomic E-state index is 12.4. The van der Waals surface area contributed by atoms with Crippen molar-refractivity contribution < 1.29 is 13.9 Å². The van der Waals surface area contributed by atoms with E-state index < -0.39 is 0 Å². The van der Waals surface area contributed by atoms with E-state index in [4.69, 9.17) is 9.15 Å². The van der Waals surface area contributed by atoms with Crippen LogP contribution in [0.4, 0.5) is 0 Å². The van der Waals surface area contributed by atoms with Crippen LogP contribution in [0.2, 0.25) is 0 Å². The molecule has 6 nitrogen and oxygen atoms in total. The summed E-state index contributed by atoms with van der Waals surface area (Å²) in [7, 11) is 1.61. The highest BCUT2D eigenvalue weighted by Crippen LogP contribution is 2.15. The molecular weight excluding hydrogens is 296 g/mol. The summed E-state index contributed by atoms with van der Waals surface area (Å²) >= 11 is 0. The number of furan rings is 1. The zero-order valence-electron chi connectivity index (χ0n) is 13.6. The van der Waals surface area contributed by atoms with Crippen LogP contribution in [0.15, 0.2) is 45.9 Å². The largest absolute Gasteiger partial charge is 0.467 e. The number of amides is 1. The van der Waals surface area contributed by atoms with E-state index in [1.807, 2.05) is 0 Å². The first-order chi connectivity index (χ1) is 11.0. The summed E-state index contributed by atoms with van der Waals surface area (Å²) in [6.07, 6.45) is 3.06. The standard InChI is InChI=1S/C17H22N2O4/c1-12(2)10-22-11-14(15-5-4-8-23-15)18-17(21)13-6-7-16(20)19(3)9-13/h4-9,12,14H,10-11H2,1-3H3,(H,18,21). The molecule has 0 aliphatic heterocycles. The van der Waals surface area contributed by atoms with E-state index in [0.717, 1.165) is 0 Å². The van der Waals surface area contributed by atoms with Crippen LogP contribution in [0.3, 0.4) is 0 Å². The molecule has 124 valence electrons. The van der Waals surface area contributed by atoms with Crippen LogP contribution in [0, 0.1) is 5.92 Å². The van der Waals surface area contributed by atoms with Crippen molar-refractivity contribution in [2.75, 3.05) is 13.2 Å². The highest BCUT2D eigenvalue weighted by atomic mass is 16.5. The SMILES string of the molecule is CC(C)COCC(NC(=O)c1ccc(=O)n(C)c1)c1ccco1. The van der Waals surface area contributed by atoms with E-state index in [1.165, 1.54) is 22.9 Å². The third-order valence-corrected chi connectivity index (χ3v) is 3.28. The summed E-state index contributed by atoms with van der Waals surface area (Å²) in [5.41, 5.74) is 0.247. The van der Waals surface area contributed by atoms with E-state index in [1.54, 1.807) is 25.4 Å². The number of hydrogen-bond donors (Lipinski definition) is 1. The van der Waals surface area contributed by atoms with Crippen molar-refractivity contribution in [3.63, 3.8) is 0 Å². The smallest absolute Gasteiger partial charge is 0.253 e. The second kappa shape index (κ2) is 7.78. The zero-order valence-corrected chi connectivity index (χ0v) is 13.6. The number of aromatic nitrogens is 1. The van der Waals surface area contributed by atoms with E-state index in [-0.39, 0.29) is 17.5 Å². The molecule has 2 aromatic rings. The van der Waals surface area contributed by atoms with Gasteiger partial charge in [0.05, 0.1) is 18.4 Å². The van der Waals surface area contributed by atoms with Crippen LogP contribution >= 0.6 is 0 Å². The van der Waals surface area contributed by atoms with Gasteiger partial charge >= 0.3 is 0 Å². The highest BCUT2D eigenvalue weighted by Gasteiger charge is 2.19. The summed E-state index contributed by atoms with van der Waals surface area (Å²) in [6.45, 7) is 5.05. The number of hydrogen-bond acceptors (Lipinski definition) is 4. The first-order valence-electron chi connectivity index (χ1n) is 7.56. The van der Waals surface area contributed by atoms with Gasteiger partial charge < -0.3 is 19.0 Å². The Bertz CT molecular complexity index is 689. The number of rotatable bonds is 7. The number of nitrogens with one attached hydrogen (secondary N) is 1. The Morgan fingerprint density at radius 2 is 2.09 bits per heavy atom. The molecule has 1 atom stereocenters. The van der Waals surface area contributed by atoms with Crippen LogP contribution in [-0.2, 0) is 11.8 Å². The summed E-state index contributed by atoms with van der Waals surface area (Å²) in [4.78, 5) is 23.8. The van der Waals surface area contributed by atoms with Gasteiger partial charge in [-0.2, -0.15) is 0 Å². The molecule has 0 bridgehead atoms. The first-order valence-corrected chi connectivity index (χ1v) is 7.56. The molecule has 2 rings (SSSR count). The number of carbonyl (C=O) groups is 1. The van der Waals surface area contributed by atoms with Gasteiger partial charge in [-0.25, -0.2) is 0 Å². The average molecular weight is 318 g/mol. The van der Waals surface area contributed by atoms with Crippen molar-refractivity contribution in [3.05, 3.63) is 58.4 Å². The molecule has 0 fully saturated rings. The number of nitrogens with zero attached hydrogens (tertiary/aromatic N) is 1. The molecule has 2 heterocycles. The minimum atomic E-state index is -0.381. The fourth-order valence-electron chi connectivity index (χ4n) is 2.08. The molecule has 0 aliphatic rings. The van der Waals surface area contributed by atoms with Crippen molar-refractivity contribution in [2.24, 2.45) is 13.0 Å². The molecule has 2 aromatic heterocycles. The van der Waals surface area contributed by atoms with Crippen molar-refractivity contribution in [3.8, 4) is 0 Å². The van der Waals surface area contributed by atoms with Crippen LogP contribution in [0.1, 0.15) is 36.0 Å². The van der Waals surface area contributed by atoms with Gasteiger partial charge in [-0.05, 0) is 24.1 Å². The minimum absolute atomic E-state index is 0.163. The van der Waals surface area contributed by atoms with Gasteiger partial charge in [-0.3, -0.25) is 9.59 Å². The molecule has 1 N–H and O–H groups in total. The Morgan fingerprint density at radius 3 is 2.70 bits per heavy atom. The molecular formula is C17H22N2O4. The Labute approximate surface area is 135 Å². The minimum Gasteiger partial charge on any atom is -0.467 e. The molecule has 23 heavy (non-hydrogen) atoms. The monoisotopic (exact) mass is 318 g/mol. The van der Waals surface area contributed by atoms with Gasteiger partial charge in [-0.1, -0.05) is 13.8 Å². The maximum absolute atomic E-state index is 12.4.